The van der Waals surface area contributed by atoms with E-state index in [1.807, 2.05) is 24.3 Å². The van der Waals surface area contributed by atoms with Gasteiger partial charge in [-0.05, 0) is 38.0 Å². The molecule has 0 saturated heterocycles. The predicted molar refractivity (Wildman–Crippen MR) is 93.1 cm³/mol. The maximum absolute atomic E-state index is 12.5. The third-order valence-corrected chi connectivity index (χ3v) is 4.09. The van der Waals surface area contributed by atoms with E-state index in [-0.39, 0.29) is 16.9 Å². The van der Waals surface area contributed by atoms with Gasteiger partial charge >= 0.3 is 5.97 Å². The second kappa shape index (κ2) is 5.96. The fraction of sp³-hybridized carbons (Fsp3) is 0.200. The lowest BCUT2D eigenvalue weighted by Gasteiger charge is -2.35. The molecule has 4 nitrogen and oxygen atoms in total. The highest BCUT2D eigenvalue weighted by Gasteiger charge is 2.28. The molecule has 0 aromatic heterocycles. The molecule has 0 fully saturated rings. The number of hydrogen-bond acceptors (Lipinski definition) is 3. The van der Waals surface area contributed by atoms with Gasteiger partial charge in [0.05, 0.1) is 5.56 Å². The molecule has 0 amide bonds. The molecule has 1 aliphatic rings. The van der Waals surface area contributed by atoms with Crippen LogP contribution in [0, 0.1) is 0 Å². The summed E-state index contributed by atoms with van der Waals surface area (Å²) in [4.78, 5) is 23.8. The number of carbonyl (C=O) groups is 2. The molecule has 2 N–H and O–H groups in total. The van der Waals surface area contributed by atoms with Gasteiger partial charge in [0.15, 0.2) is 5.78 Å². The summed E-state index contributed by atoms with van der Waals surface area (Å²) >= 11 is 0. The molecule has 3 rings (SSSR count). The molecule has 1 heterocycles. The van der Waals surface area contributed by atoms with Gasteiger partial charge in [-0.25, -0.2) is 4.79 Å². The molecule has 1 aliphatic heterocycles. The van der Waals surface area contributed by atoms with E-state index >= 15 is 0 Å². The molecule has 0 spiro atoms. The molecule has 0 aliphatic carbocycles. The number of hydrogen-bond donors (Lipinski definition) is 2. The van der Waals surface area contributed by atoms with Crippen molar-refractivity contribution in [2.24, 2.45) is 0 Å². The number of rotatable bonds is 3. The zero-order valence-electron chi connectivity index (χ0n) is 13.7. The van der Waals surface area contributed by atoms with E-state index in [0.29, 0.717) is 11.3 Å². The highest BCUT2D eigenvalue weighted by atomic mass is 16.4. The summed E-state index contributed by atoms with van der Waals surface area (Å²) in [6.07, 6.45) is 2.32. The number of carboxylic acid groups (broad SMARTS) is 1. The van der Waals surface area contributed by atoms with E-state index in [4.69, 9.17) is 0 Å². The molecule has 2 aromatic rings. The van der Waals surface area contributed by atoms with Gasteiger partial charge in [-0.2, -0.15) is 0 Å². The second-order valence-electron chi connectivity index (χ2n) is 6.65. The topological polar surface area (TPSA) is 66.4 Å². The van der Waals surface area contributed by atoms with Crippen molar-refractivity contribution in [2.75, 3.05) is 0 Å². The highest BCUT2D eigenvalue weighted by Crippen LogP contribution is 2.30. The number of carboxylic acids is 1. The standard InChI is InChI=1S/C20H19NO3/c1-20(2)12-15-9-8-14(19(23)24)10-16(15)17(21-20)11-18(22)13-6-4-3-5-7-13/h3-11,21H,12H2,1-2H3,(H,23,24). The van der Waals surface area contributed by atoms with Crippen LogP contribution in [0.2, 0.25) is 0 Å². The first kappa shape index (κ1) is 16.0. The van der Waals surface area contributed by atoms with Gasteiger partial charge in [-0.3, -0.25) is 4.79 Å². The number of fused-ring (bicyclic) bond motifs is 1. The highest BCUT2D eigenvalue weighted by molar-refractivity contribution is 6.08. The van der Waals surface area contributed by atoms with Crippen molar-refractivity contribution in [1.29, 1.82) is 0 Å². The summed E-state index contributed by atoms with van der Waals surface area (Å²) in [6.45, 7) is 4.11. The Morgan fingerprint density at radius 1 is 1.08 bits per heavy atom. The van der Waals surface area contributed by atoms with Crippen molar-refractivity contribution < 1.29 is 14.7 Å². The van der Waals surface area contributed by atoms with Crippen molar-refractivity contribution in [1.82, 2.24) is 5.32 Å². The Morgan fingerprint density at radius 3 is 2.46 bits per heavy atom. The molecule has 122 valence electrons. The van der Waals surface area contributed by atoms with Crippen LogP contribution in [0.4, 0.5) is 0 Å². The largest absolute Gasteiger partial charge is 0.478 e. The number of ketones is 1. The Kier molecular flexibility index (Phi) is 3.97. The number of nitrogens with one attached hydrogen (secondary N) is 1. The average molecular weight is 321 g/mol. The van der Waals surface area contributed by atoms with Crippen molar-refractivity contribution in [3.05, 3.63) is 76.9 Å². The molecule has 0 bridgehead atoms. The third-order valence-electron chi connectivity index (χ3n) is 4.09. The lowest BCUT2D eigenvalue weighted by atomic mass is 9.84. The molecule has 0 radical (unpaired) electrons. The zero-order valence-corrected chi connectivity index (χ0v) is 13.7. The molecule has 0 unspecified atom stereocenters. The summed E-state index contributed by atoms with van der Waals surface area (Å²) in [7, 11) is 0. The van der Waals surface area contributed by atoms with E-state index in [9.17, 15) is 14.7 Å². The quantitative estimate of drug-likeness (QED) is 0.670. The minimum Gasteiger partial charge on any atom is -0.478 e. The summed E-state index contributed by atoms with van der Waals surface area (Å²) in [5.74, 6) is -1.08. The Labute approximate surface area is 140 Å². The van der Waals surface area contributed by atoms with Crippen LogP contribution in [0.5, 0.6) is 0 Å². The van der Waals surface area contributed by atoms with Crippen molar-refractivity contribution in [2.45, 2.75) is 25.8 Å². The smallest absolute Gasteiger partial charge is 0.335 e. The van der Waals surface area contributed by atoms with E-state index in [2.05, 4.69) is 19.2 Å². The first-order valence-corrected chi connectivity index (χ1v) is 7.82. The fourth-order valence-corrected chi connectivity index (χ4v) is 3.00. The van der Waals surface area contributed by atoms with Crippen molar-refractivity contribution in [3.8, 4) is 0 Å². The van der Waals surface area contributed by atoms with Crippen molar-refractivity contribution in [3.63, 3.8) is 0 Å². The van der Waals surface area contributed by atoms with E-state index < -0.39 is 5.97 Å². The molecule has 4 heteroatoms. The molecule has 0 saturated carbocycles. The Balaban J connectivity index is 2.07. The van der Waals surface area contributed by atoms with Crippen LogP contribution in [-0.2, 0) is 6.42 Å². The number of aromatic carboxylic acids is 1. The SMILES string of the molecule is CC1(C)Cc2ccc(C(=O)O)cc2C(=CC(=O)c2ccccc2)N1. The van der Waals surface area contributed by atoms with Crippen LogP contribution in [0.15, 0.2) is 54.6 Å². The normalized spacial score (nSPS) is 17.0. The summed E-state index contributed by atoms with van der Waals surface area (Å²) < 4.78 is 0. The maximum atomic E-state index is 12.5. The van der Waals surface area contributed by atoms with E-state index in [1.54, 1.807) is 30.3 Å². The molecule has 24 heavy (non-hydrogen) atoms. The maximum Gasteiger partial charge on any atom is 0.335 e. The van der Waals surface area contributed by atoms with E-state index in [1.165, 1.54) is 0 Å². The van der Waals surface area contributed by atoms with Gasteiger partial charge in [0.1, 0.15) is 0 Å². The Hall–Kier alpha value is -2.88. The lowest BCUT2D eigenvalue weighted by Crippen LogP contribution is -2.44. The first-order chi connectivity index (χ1) is 11.4. The average Bonchev–Trinajstić information content (AvgIpc) is 2.54. The van der Waals surface area contributed by atoms with Crippen LogP contribution in [0.1, 0.15) is 45.7 Å². The second-order valence-corrected chi connectivity index (χ2v) is 6.65. The lowest BCUT2D eigenvalue weighted by molar-refractivity contribution is 0.0696. The van der Waals surface area contributed by atoms with Gasteiger partial charge in [-0.15, -0.1) is 0 Å². The first-order valence-electron chi connectivity index (χ1n) is 7.82. The minimum atomic E-state index is -0.976. The fourth-order valence-electron chi connectivity index (χ4n) is 3.00. The summed E-state index contributed by atoms with van der Waals surface area (Å²) in [5.41, 5.74) is 3.09. The zero-order chi connectivity index (χ0) is 17.3. The molecule has 0 atom stereocenters. The van der Waals surface area contributed by atoms with Crippen LogP contribution < -0.4 is 5.32 Å². The van der Waals surface area contributed by atoms with Gasteiger partial charge in [-0.1, -0.05) is 36.4 Å². The predicted octanol–water partition coefficient (Wildman–Crippen LogP) is 3.53. The Bertz CT molecular complexity index is 835. The van der Waals surface area contributed by atoms with Gasteiger partial charge in [0.2, 0.25) is 0 Å². The van der Waals surface area contributed by atoms with Gasteiger partial charge < -0.3 is 10.4 Å². The van der Waals surface area contributed by atoms with Crippen LogP contribution in [0.25, 0.3) is 5.70 Å². The monoisotopic (exact) mass is 321 g/mol. The van der Waals surface area contributed by atoms with Gasteiger partial charge in [0, 0.05) is 28.4 Å². The summed E-state index contributed by atoms with van der Waals surface area (Å²) in [6, 6.07) is 14.1. The number of allylic oxidation sites excluding steroid dienone is 1. The minimum absolute atomic E-state index is 0.109. The third kappa shape index (κ3) is 3.23. The van der Waals surface area contributed by atoms with E-state index in [0.717, 1.165) is 17.5 Å². The molecular formula is C20H19NO3. The molecular weight excluding hydrogens is 302 g/mol. The van der Waals surface area contributed by atoms with Crippen LogP contribution in [-0.4, -0.2) is 22.4 Å². The van der Waals surface area contributed by atoms with Crippen LogP contribution in [0.3, 0.4) is 0 Å². The van der Waals surface area contributed by atoms with Gasteiger partial charge in [0.25, 0.3) is 0 Å². The number of carbonyl (C=O) groups excluding carboxylic acids is 1. The van der Waals surface area contributed by atoms with Crippen LogP contribution >= 0.6 is 0 Å². The Morgan fingerprint density at radius 2 is 1.79 bits per heavy atom. The summed E-state index contributed by atoms with van der Waals surface area (Å²) in [5, 5.41) is 12.6. The number of benzene rings is 2. The van der Waals surface area contributed by atoms with Crippen molar-refractivity contribution >= 4 is 17.4 Å². The molecule has 2 aromatic carbocycles.